The highest BCUT2D eigenvalue weighted by Gasteiger charge is 2.27. The fourth-order valence-electron chi connectivity index (χ4n) is 2.01. The van der Waals surface area contributed by atoms with Crippen LogP contribution in [0, 0.1) is 0 Å². The molecular formula is C10H18N2O3. The first-order chi connectivity index (χ1) is 7.02. The van der Waals surface area contributed by atoms with Gasteiger partial charge < -0.3 is 15.7 Å². The lowest BCUT2D eigenvalue weighted by Gasteiger charge is -2.26. The van der Waals surface area contributed by atoms with Crippen LogP contribution in [0.5, 0.6) is 0 Å². The van der Waals surface area contributed by atoms with Crippen molar-refractivity contribution < 1.29 is 14.7 Å². The van der Waals surface area contributed by atoms with Gasteiger partial charge in [0.25, 0.3) is 0 Å². The number of rotatable bonds is 4. The van der Waals surface area contributed by atoms with E-state index in [2.05, 4.69) is 0 Å². The summed E-state index contributed by atoms with van der Waals surface area (Å²) in [6, 6.07) is -0.662. The number of likely N-dealkylation sites (N-methyl/N-ethyl adjacent to an activating group) is 1. The van der Waals surface area contributed by atoms with Crippen molar-refractivity contribution in [1.29, 1.82) is 0 Å². The van der Waals surface area contributed by atoms with Crippen LogP contribution in [0.3, 0.4) is 0 Å². The molecule has 0 aliphatic heterocycles. The van der Waals surface area contributed by atoms with Crippen molar-refractivity contribution in [1.82, 2.24) is 4.90 Å². The SMILES string of the molecule is CN(C(=O)C(N)CC(=O)O)C1CCCC1. The molecule has 0 heterocycles. The Labute approximate surface area is 89.2 Å². The molecule has 15 heavy (non-hydrogen) atoms. The number of carbonyl (C=O) groups excluding carboxylic acids is 1. The molecule has 0 bridgehead atoms. The van der Waals surface area contributed by atoms with E-state index in [9.17, 15) is 9.59 Å². The number of nitrogens with zero attached hydrogens (tertiary/aromatic N) is 1. The number of carboxylic acid groups (broad SMARTS) is 1. The smallest absolute Gasteiger partial charge is 0.305 e. The lowest BCUT2D eigenvalue weighted by atomic mass is 10.1. The average molecular weight is 214 g/mol. The van der Waals surface area contributed by atoms with Gasteiger partial charge in [0.1, 0.15) is 0 Å². The first kappa shape index (κ1) is 12.0. The van der Waals surface area contributed by atoms with Crippen LogP contribution in [0.25, 0.3) is 0 Å². The van der Waals surface area contributed by atoms with Gasteiger partial charge in [-0.25, -0.2) is 0 Å². The number of amides is 1. The van der Waals surface area contributed by atoms with Crippen LogP contribution in [-0.2, 0) is 9.59 Å². The average Bonchev–Trinajstić information content (AvgIpc) is 2.67. The minimum atomic E-state index is -1.03. The summed E-state index contributed by atoms with van der Waals surface area (Å²) in [4.78, 5) is 23.7. The third-order valence-corrected chi connectivity index (χ3v) is 2.93. The van der Waals surface area contributed by atoms with Crippen molar-refractivity contribution in [2.45, 2.75) is 44.2 Å². The van der Waals surface area contributed by atoms with Gasteiger partial charge >= 0.3 is 5.97 Å². The predicted octanol–water partition coefficient (Wildman–Crippen LogP) is 0.189. The van der Waals surface area contributed by atoms with Crippen LogP contribution < -0.4 is 5.73 Å². The van der Waals surface area contributed by atoms with Crippen LogP contribution in [-0.4, -0.2) is 41.0 Å². The third kappa shape index (κ3) is 3.20. The van der Waals surface area contributed by atoms with Gasteiger partial charge in [-0.05, 0) is 12.8 Å². The quantitative estimate of drug-likeness (QED) is 0.699. The molecule has 0 aromatic rings. The second-order valence-corrected chi connectivity index (χ2v) is 4.09. The molecule has 5 nitrogen and oxygen atoms in total. The number of carbonyl (C=O) groups is 2. The molecule has 1 amide bonds. The number of aliphatic carboxylic acids is 1. The summed E-state index contributed by atoms with van der Waals surface area (Å²) in [5, 5.41) is 8.53. The first-order valence-corrected chi connectivity index (χ1v) is 5.26. The summed E-state index contributed by atoms with van der Waals surface area (Å²) in [5.74, 6) is -1.29. The highest BCUT2D eigenvalue weighted by atomic mass is 16.4. The second kappa shape index (κ2) is 5.11. The molecule has 1 unspecified atom stereocenters. The topological polar surface area (TPSA) is 83.6 Å². The summed E-state index contributed by atoms with van der Waals surface area (Å²) in [6.45, 7) is 0. The van der Waals surface area contributed by atoms with Crippen LogP contribution in [0.1, 0.15) is 32.1 Å². The maximum Gasteiger partial charge on any atom is 0.305 e. The highest BCUT2D eigenvalue weighted by Crippen LogP contribution is 2.22. The van der Waals surface area contributed by atoms with Crippen molar-refractivity contribution in [3.8, 4) is 0 Å². The Hall–Kier alpha value is -1.10. The fraction of sp³-hybridized carbons (Fsp3) is 0.800. The Bertz CT molecular complexity index is 249. The summed E-state index contributed by atoms with van der Waals surface area (Å²) in [7, 11) is 1.71. The van der Waals surface area contributed by atoms with E-state index in [-0.39, 0.29) is 18.4 Å². The minimum Gasteiger partial charge on any atom is -0.481 e. The number of carboxylic acids is 1. The molecule has 0 saturated heterocycles. The molecule has 1 saturated carbocycles. The third-order valence-electron chi connectivity index (χ3n) is 2.93. The maximum atomic E-state index is 11.7. The molecule has 5 heteroatoms. The van der Waals surface area contributed by atoms with E-state index in [1.165, 1.54) is 0 Å². The molecular weight excluding hydrogens is 196 g/mol. The van der Waals surface area contributed by atoms with Crippen LogP contribution in [0.4, 0.5) is 0 Å². The number of nitrogens with two attached hydrogens (primary N) is 1. The Morgan fingerprint density at radius 3 is 2.47 bits per heavy atom. The standard InChI is InChI=1S/C10H18N2O3/c1-12(7-4-2-3-5-7)10(15)8(11)6-9(13)14/h7-8H,2-6,11H2,1H3,(H,13,14). The molecule has 1 aliphatic rings. The Morgan fingerprint density at radius 1 is 1.47 bits per heavy atom. The van der Waals surface area contributed by atoms with Gasteiger partial charge in [0.2, 0.25) is 5.91 Å². The van der Waals surface area contributed by atoms with E-state index in [4.69, 9.17) is 10.8 Å². The summed E-state index contributed by atoms with van der Waals surface area (Å²) < 4.78 is 0. The van der Waals surface area contributed by atoms with Crippen LogP contribution in [0.2, 0.25) is 0 Å². The summed E-state index contributed by atoms with van der Waals surface area (Å²) in [6.07, 6.45) is 3.98. The van der Waals surface area contributed by atoms with Gasteiger partial charge in [0, 0.05) is 13.1 Å². The van der Waals surface area contributed by atoms with Gasteiger partial charge in [-0.15, -0.1) is 0 Å². The lowest BCUT2D eigenvalue weighted by Crippen LogP contribution is -2.46. The van der Waals surface area contributed by atoms with Crippen molar-refractivity contribution >= 4 is 11.9 Å². The molecule has 86 valence electrons. The first-order valence-electron chi connectivity index (χ1n) is 5.26. The summed E-state index contributed by atoms with van der Waals surface area (Å²) in [5.41, 5.74) is 5.51. The van der Waals surface area contributed by atoms with E-state index in [1.54, 1.807) is 11.9 Å². The van der Waals surface area contributed by atoms with Crippen LogP contribution in [0.15, 0.2) is 0 Å². The van der Waals surface area contributed by atoms with E-state index in [0.29, 0.717) is 0 Å². The van der Waals surface area contributed by atoms with E-state index in [1.807, 2.05) is 0 Å². The van der Waals surface area contributed by atoms with Gasteiger partial charge in [0.05, 0.1) is 12.5 Å². The molecule has 0 aromatic heterocycles. The molecule has 0 aromatic carbocycles. The fourth-order valence-corrected chi connectivity index (χ4v) is 2.01. The molecule has 1 fully saturated rings. The summed E-state index contributed by atoms with van der Waals surface area (Å²) >= 11 is 0. The number of hydrogen-bond acceptors (Lipinski definition) is 3. The van der Waals surface area contributed by atoms with Gasteiger partial charge in [-0.2, -0.15) is 0 Å². The maximum absolute atomic E-state index is 11.7. The van der Waals surface area contributed by atoms with Crippen molar-refractivity contribution in [3.05, 3.63) is 0 Å². The minimum absolute atomic E-state index is 0.248. The Kier molecular flexibility index (Phi) is 4.08. The normalized spacial score (nSPS) is 18.8. The highest BCUT2D eigenvalue weighted by molar-refractivity contribution is 5.86. The largest absolute Gasteiger partial charge is 0.481 e. The molecule has 0 radical (unpaired) electrons. The second-order valence-electron chi connectivity index (χ2n) is 4.09. The molecule has 0 spiro atoms. The van der Waals surface area contributed by atoms with Crippen LogP contribution >= 0.6 is 0 Å². The van der Waals surface area contributed by atoms with Gasteiger partial charge in [0.15, 0.2) is 0 Å². The van der Waals surface area contributed by atoms with Gasteiger partial charge in [-0.1, -0.05) is 12.8 Å². The zero-order chi connectivity index (χ0) is 11.4. The molecule has 1 rings (SSSR count). The number of hydrogen-bond donors (Lipinski definition) is 2. The van der Waals surface area contributed by atoms with E-state index >= 15 is 0 Å². The Morgan fingerprint density at radius 2 is 2.00 bits per heavy atom. The van der Waals surface area contributed by atoms with Crippen molar-refractivity contribution in [2.24, 2.45) is 5.73 Å². The van der Waals surface area contributed by atoms with Gasteiger partial charge in [-0.3, -0.25) is 9.59 Å². The monoisotopic (exact) mass is 214 g/mol. The van der Waals surface area contributed by atoms with E-state index in [0.717, 1.165) is 25.7 Å². The van der Waals surface area contributed by atoms with E-state index < -0.39 is 12.0 Å². The zero-order valence-corrected chi connectivity index (χ0v) is 8.98. The molecule has 1 aliphatic carbocycles. The lowest BCUT2D eigenvalue weighted by molar-refractivity contribution is -0.142. The molecule has 1 atom stereocenters. The Balaban J connectivity index is 2.47. The molecule has 3 N–H and O–H groups in total. The predicted molar refractivity (Wildman–Crippen MR) is 55.3 cm³/mol. The zero-order valence-electron chi connectivity index (χ0n) is 8.98. The van der Waals surface area contributed by atoms with Crippen molar-refractivity contribution in [3.63, 3.8) is 0 Å². The van der Waals surface area contributed by atoms with Crippen molar-refractivity contribution in [2.75, 3.05) is 7.05 Å².